The topological polar surface area (TPSA) is 65.6 Å². The first-order chi connectivity index (χ1) is 18.2. The summed E-state index contributed by atoms with van der Waals surface area (Å²) in [4.78, 5) is 32.1. The lowest BCUT2D eigenvalue weighted by Crippen LogP contribution is -2.40. The molecule has 0 fully saturated rings. The Kier molecular flexibility index (Phi) is 7.31. The number of aryl methyl sites for hydroxylation is 1. The number of aromatic nitrogens is 2. The lowest BCUT2D eigenvalue weighted by Gasteiger charge is -2.25. The zero-order valence-corrected chi connectivity index (χ0v) is 24.4. The Morgan fingerprint density at radius 2 is 1.87 bits per heavy atom. The van der Waals surface area contributed by atoms with E-state index in [1.165, 1.54) is 11.3 Å². The average molecular weight is 611 g/mol. The molecule has 2 aromatic heterocycles. The van der Waals surface area contributed by atoms with Crippen LogP contribution in [0.1, 0.15) is 42.4 Å². The van der Waals surface area contributed by atoms with Gasteiger partial charge in [-0.2, -0.15) is 0 Å². The molecule has 5 rings (SSSR count). The van der Waals surface area contributed by atoms with Gasteiger partial charge in [-0.05, 0) is 81.3 Å². The monoisotopic (exact) mass is 609 g/mol. The van der Waals surface area contributed by atoms with Gasteiger partial charge in [0, 0.05) is 26.6 Å². The fourth-order valence-corrected chi connectivity index (χ4v) is 6.39. The largest absolute Gasteiger partial charge is 0.463 e. The number of esters is 1. The molecule has 3 heterocycles. The van der Waals surface area contributed by atoms with E-state index in [1.807, 2.05) is 62.4 Å². The van der Waals surface area contributed by atoms with Crippen molar-refractivity contribution in [2.24, 2.45) is 4.99 Å². The van der Waals surface area contributed by atoms with Crippen LogP contribution in [0.4, 0.5) is 0 Å². The minimum absolute atomic E-state index is 0.212. The Bertz CT molecular complexity index is 1780. The summed E-state index contributed by atoms with van der Waals surface area (Å²) in [6.07, 6.45) is 1.90. The van der Waals surface area contributed by atoms with Gasteiger partial charge in [-0.25, -0.2) is 9.79 Å². The predicted octanol–water partition coefficient (Wildman–Crippen LogP) is 5.62. The van der Waals surface area contributed by atoms with E-state index < -0.39 is 12.0 Å². The van der Waals surface area contributed by atoms with Crippen molar-refractivity contribution in [3.63, 3.8) is 0 Å². The molecule has 0 N–H and O–H groups in total. The van der Waals surface area contributed by atoms with Crippen LogP contribution in [0.25, 0.3) is 11.8 Å². The molecule has 194 valence electrons. The minimum Gasteiger partial charge on any atom is -0.463 e. The van der Waals surface area contributed by atoms with E-state index in [0.717, 1.165) is 27.1 Å². The Morgan fingerprint density at radius 1 is 1.16 bits per heavy atom. The van der Waals surface area contributed by atoms with E-state index in [0.29, 0.717) is 31.2 Å². The molecule has 0 amide bonds. The molecule has 6 nitrogen and oxygen atoms in total. The first-order valence-corrected chi connectivity index (χ1v) is 14.1. The number of thiazole rings is 1. The fourth-order valence-electron chi connectivity index (χ4n) is 4.85. The molecule has 38 heavy (non-hydrogen) atoms. The van der Waals surface area contributed by atoms with E-state index in [4.69, 9.17) is 16.3 Å². The third kappa shape index (κ3) is 4.61. The second-order valence-corrected chi connectivity index (χ2v) is 11.3. The molecular formula is C29H25BrClN3O3S. The first-order valence-electron chi connectivity index (χ1n) is 12.1. The number of benzene rings is 2. The Hall–Kier alpha value is -3.20. The fraction of sp³-hybridized carbons (Fsp3) is 0.207. The molecule has 4 aromatic rings. The van der Waals surface area contributed by atoms with Crippen molar-refractivity contribution in [3.05, 3.63) is 118 Å². The van der Waals surface area contributed by atoms with Crippen molar-refractivity contribution in [2.75, 3.05) is 6.61 Å². The maximum absolute atomic E-state index is 13.9. The molecule has 1 atom stereocenters. The summed E-state index contributed by atoms with van der Waals surface area (Å²) < 4.78 is 10.6. The van der Waals surface area contributed by atoms with Crippen LogP contribution >= 0.6 is 38.9 Å². The second-order valence-electron chi connectivity index (χ2n) is 8.96. The molecular weight excluding hydrogens is 586 g/mol. The van der Waals surface area contributed by atoms with Crippen molar-refractivity contribution in [1.82, 2.24) is 9.13 Å². The number of rotatable bonds is 5. The van der Waals surface area contributed by atoms with E-state index in [-0.39, 0.29) is 12.2 Å². The number of hydrogen-bond acceptors (Lipinski definition) is 5. The lowest BCUT2D eigenvalue weighted by molar-refractivity contribution is -0.139. The summed E-state index contributed by atoms with van der Waals surface area (Å²) in [5.41, 5.74) is 5.28. The summed E-state index contributed by atoms with van der Waals surface area (Å²) in [7, 11) is 0. The van der Waals surface area contributed by atoms with Crippen molar-refractivity contribution in [2.45, 2.75) is 33.7 Å². The average Bonchev–Trinajstić information content (AvgIpc) is 3.33. The Morgan fingerprint density at radius 3 is 2.55 bits per heavy atom. The molecule has 0 saturated heterocycles. The number of carbonyl (C=O) groups is 1. The van der Waals surface area contributed by atoms with Crippen LogP contribution in [-0.4, -0.2) is 21.7 Å². The van der Waals surface area contributed by atoms with Crippen molar-refractivity contribution < 1.29 is 9.53 Å². The Labute approximate surface area is 237 Å². The maximum Gasteiger partial charge on any atom is 0.338 e. The maximum atomic E-state index is 13.9. The number of carbonyl (C=O) groups excluding carboxylic acids is 1. The molecule has 0 aliphatic carbocycles. The second kappa shape index (κ2) is 10.5. The van der Waals surface area contributed by atoms with Crippen molar-refractivity contribution >= 4 is 50.9 Å². The molecule has 0 saturated carbocycles. The van der Waals surface area contributed by atoms with Gasteiger partial charge in [0.1, 0.15) is 6.04 Å². The normalized spacial score (nSPS) is 15.4. The zero-order valence-electron chi connectivity index (χ0n) is 21.3. The quantitative estimate of drug-likeness (QED) is 0.276. The number of ether oxygens (including phenoxy) is 1. The molecule has 2 aromatic carbocycles. The summed E-state index contributed by atoms with van der Waals surface area (Å²) in [6, 6.07) is 16.7. The summed E-state index contributed by atoms with van der Waals surface area (Å²) in [5.74, 6) is -0.508. The molecule has 9 heteroatoms. The highest BCUT2D eigenvalue weighted by atomic mass is 79.9. The molecule has 0 radical (unpaired) electrons. The molecule has 0 spiro atoms. The van der Waals surface area contributed by atoms with Crippen molar-refractivity contribution in [3.8, 4) is 5.69 Å². The van der Waals surface area contributed by atoms with Crippen LogP contribution in [0, 0.1) is 13.8 Å². The molecule has 1 aliphatic rings. The van der Waals surface area contributed by atoms with Gasteiger partial charge in [0.25, 0.3) is 5.56 Å². The smallest absolute Gasteiger partial charge is 0.338 e. The number of nitrogens with zero attached hydrogens (tertiary/aromatic N) is 3. The van der Waals surface area contributed by atoms with E-state index in [1.54, 1.807) is 24.5 Å². The van der Waals surface area contributed by atoms with Gasteiger partial charge in [-0.1, -0.05) is 57.1 Å². The molecule has 0 unspecified atom stereocenters. The highest BCUT2D eigenvalue weighted by Crippen LogP contribution is 2.34. The summed E-state index contributed by atoms with van der Waals surface area (Å²) >= 11 is 11.4. The third-order valence-corrected chi connectivity index (χ3v) is 8.41. The van der Waals surface area contributed by atoms with Gasteiger partial charge in [0.15, 0.2) is 4.80 Å². The standard InChI is InChI=1S/C29H25BrClN3O3S/c1-5-37-28(36)25-17(3)32-29-34(26(25)22-8-6-7-9-23(22)31)27(35)24(38-29)15-19-14-16(2)33(18(19)4)21-12-10-20(30)11-13-21/h6-15,26H,5H2,1-4H3/b24-15-/t26-/m0/s1. The van der Waals surface area contributed by atoms with Crippen LogP contribution in [0.5, 0.6) is 0 Å². The SMILES string of the molecule is CCOC(=O)C1=C(C)N=c2s/c(=C\c3cc(C)n(-c4ccc(Br)cc4)c3C)c(=O)n2[C@H]1c1ccccc1Cl. The van der Waals surface area contributed by atoms with Gasteiger partial charge in [0.2, 0.25) is 0 Å². The summed E-state index contributed by atoms with van der Waals surface area (Å²) in [5, 5.41) is 0.460. The number of allylic oxidation sites excluding steroid dienone is 1. The van der Waals surface area contributed by atoms with Crippen LogP contribution in [0.2, 0.25) is 5.02 Å². The van der Waals surface area contributed by atoms with E-state index in [2.05, 4.69) is 31.6 Å². The predicted molar refractivity (Wildman–Crippen MR) is 155 cm³/mol. The highest BCUT2D eigenvalue weighted by Gasteiger charge is 2.34. The van der Waals surface area contributed by atoms with Gasteiger partial charge in [-0.15, -0.1) is 0 Å². The number of halogens is 2. The number of fused-ring (bicyclic) bond motifs is 1. The van der Waals surface area contributed by atoms with Gasteiger partial charge in [-0.3, -0.25) is 9.36 Å². The van der Waals surface area contributed by atoms with Gasteiger partial charge >= 0.3 is 5.97 Å². The summed E-state index contributed by atoms with van der Waals surface area (Å²) in [6.45, 7) is 7.80. The van der Waals surface area contributed by atoms with Gasteiger partial charge in [0.05, 0.1) is 22.4 Å². The van der Waals surface area contributed by atoms with E-state index in [9.17, 15) is 9.59 Å². The van der Waals surface area contributed by atoms with Crippen LogP contribution in [-0.2, 0) is 9.53 Å². The minimum atomic E-state index is -0.739. The van der Waals surface area contributed by atoms with Crippen molar-refractivity contribution in [1.29, 1.82) is 0 Å². The van der Waals surface area contributed by atoms with Crippen LogP contribution in [0.3, 0.4) is 0 Å². The van der Waals surface area contributed by atoms with Gasteiger partial charge < -0.3 is 9.30 Å². The number of hydrogen-bond donors (Lipinski definition) is 0. The zero-order chi connectivity index (χ0) is 27.1. The van der Waals surface area contributed by atoms with Crippen LogP contribution < -0.4 is 14.9 Å². The van der Waals surface area contributed by atoms with Crippen LogP contribution in [0.15, 0.2) is 80.1 Å². The van der Waals surface area contributed by atoms with E-state index >= 15 is 0 Å². The third-order valence-electron chi connectivity index (χ3n) is 6.56. The highest BCUT2D eigenvalue weighted by molar-refractivity contribution is 9.10. The molecule has 0 bridgehead atoms. The Balaban J connectivity index is 1.70. The molecule has 1 aliphatic heterocycles. The first kappa shape index (κ1) is 26.4. The lowest BCUT2D eigenvalue weighted by atomic mass is 9.96.